The van der Waals surface area contributed by atoms with E-state index in [1.54, 1.807) is 6.07 Å². The zero-order valence-electron chi connectivity index (χ0n) is 19.0. The molecular formula is C25H29FN6O2. The third-order valence-electron chi connectivity index (χ3n) is 7.41. The standard InChI is InChI=1S/C25H29FN6O2/c26-17-5-6-19-21(13-17)29-30-23(19)24-27-20-7-4-16(12-22(20)28-24)25(33)8-3-11-32(34)18(14-25)15-31-9-1-2-10-31/h4-7,12-13,18,33-34H,1-3,8-11,14-15H2,(H,27,28)(H,29,30). The van der Waals surface area contributed by atoms with E-state index in [0.29, 0.717) is 42.8 Å². The molecule has 0 aliphatic carbocycles. The van der Waals surface area contributed by atoms with Crippen molar-refractivity contribution in [3.05, 3.63) is 47.8 Å². The molecular weight excluding hydrogens is 435 g/mol. The minimum Gasteiger partial charge on any atom is -0.385 e. The van der Waals surface area contributed by atoms with Crippen molar-refractivity contribution < 1.29 is 14.7 Å². The van der Waals surface area contributed by atoms with Gasteiger partial charge in [0.15, 0.2) is 5.82 Å². The van der Waals surface area contributed by atoms with E-state index in [4.69, 9.17) is 0 Å². The number of nitrogens with one attached hydrogen (secondary N) is 2. The quantitative estimate of drug-likeness (QED) is 0.367. The molecule has 2 fully saturated rings. The Kier molecular flexibility index (Phi) is 5.37. The number of rotatable bonds is 4. The number of halogens is 1. The normalized spacial score (nSPS) is 24.9. The summed E-state index contributed by atoms with van der Waals surface area (Å²) in [6.07, 6.45) is 4.17. The van der Waals surface area contributed by atoms with Gasteiger partial charge in [-0.25, -0.2) is 9.37 Å². The van der Waals surface area contributed by atoms with Gasteiger partial charge in [-0.2, -0.15) is 10.2 Å². The summed E-state index contributed by atoms with van der Waals surface area (Å²) in [6.45, 7) is 3.44. The van der Waals surface area contributed by atoms with Crippen molar-refractivity contribution in [2.45, 2.75) is 43.7 Å². The first-order valence-electron chi connectivity index (χ1n) is 12.0. The van der Waals surface area contributed by atoms with Crippen molar-refractivity contribution in [3.63, 3.8) is 0 Å². The van der Waals surface area contributed by atoms with Gasteiger partial charge >= 0.3 is 0 Å². The van der Waals surface area contributed by atoms with Crippen LogP contribution in [0.3, 0.4) is 0 Å². The molecule has 8 nitrogen and oxygen atoms in total. The van der Waals surface area contributed by atoms with Crippen LogP contribution in [0, 0.1) is 5.82 Å². The van der Waals surface area contributed by atoms with E-state index in [1.165, 1.54) is 30.0 Å². The highest BCUT2D eigenvalue weighted by atomic mass is 19.1. The van der Waals surface area contributed by atoms with Crippen LogP contribution in [-0.4, -0.2) is 72.7 Å². The van der Waals surface area contributed by atoms with E-state index in [9.17, 15) is 14.7 Å². The number of benzene rings is 2. The highest BCUT2D eigenvalue weighted by Gasteiger charge is 2.38. The molecule has 2 aromatic heterocycles. The largest absolute Gasteiger partial charge is 0.385 e. The molecule has 2 aliphatic rings. The maximum Gasteiger partial charge on any atom is 0.159 e. The van der Waals surface area contributed by atoms with Crippen molar-refractivity contribution in [2.75, 3.05) is 26.2 Å². The first-order valence-corrected chi connectivity index (χ1v) is 12.0. The van der Waals surface area contributed by atoms with Crippen molar-refractivity contribution in [1.82, 2.24) is 30.1 Å². The molecule has 2 aliphatic heterocycles. The van der Waals surface area contributed by atoms with Gasteiger partial charge < -0.3 is 20.2 Å². The molecule has 4 heterocycles. The fraction of sp³-hybridized carbons (Fsp3) is 0.440. The van der Waals surface area contributed by atoms with Crippen LogP contribution in [0.2, 0.25) is 0 Å². The van der Waals surface area contributed by atoms with Crippen molar-refractivity contribution in [2.24, 2.45) is 0 Å². The molecule has 0 bridgehead atoms. The lowest BCUT2D eigenvalue weighted by Gasteiger charge is -2.33. The number of nitrogens with zero attached hydrogens (tertiary/aromatic N) is 4. The number of hydrogen-bond donors (Lipinski definition) is 4. The Labute approximate surface area is 196 Å². The van der Waals surface area contributed by atoms with Crippen molar-refractivity contribution >= 4 is 21.9 Å². The summed E-state index contributed by atoms with van der Waals surface area (Å²) in [7, 11) is 0. The maximum absolute atomic E-state index is 13.6. The second kappa shape index (κ2) is 8.42. The van der Waals surface area contributed by atoms with E-state index in [2.05, 4.69) is 25.1 Å². The van der Waals surface area contributed by atoms with E-state index in [0.717, 1.165) is 41.6 Å². The van der Waals surface area contributed by atoms with Gasteiger partial charge in [-0.1, -0.05) is 6.07 Å². The summed E-state index contributed by atoms with van der Waals surface area (Å²) in [6, 6.07) is 10.2. The first-order chi connectivity index (χ1) is 16.5. The second-order valence-electron chi connectivity index (χ2n) is 9.74. The molecule has 9 heteroatoms. The summed E-state index contributed by atoms with van der Waals surface area (Å²) < 4.78 is 13.6. The molecule has 0 radical (unpaired) electrons. The molecule has 0 amide bonds. The zero-order chi connectivity index (χ0) is 23.3. The van der Waals surface area contributed by atoms with Crippen LogP contribution in [-0.2, 0) is 5.60 Å². The van der Waals surface area contributed by atoms with E-state index in [-0.39, 0.29) is 11.9 Å². The number of hydroxylamine groups is 2. The van der Waals surface area contributed by atoms with Crippen LogP contribution >= 0.6 is 0 Å². The molecule has 6 rings (SSSR count). The summed E-state index contributed by atoms with van der Waals surface area (Å²) in [5.74, 6) is 0.268. The number of aliphatic hydroxyl groups is 1. The molecule has 4 N–H and O–H groups in total. The SMILES string of the molecule is ON1CCCC(O)(c2ccc3nc(-c4n[nH]c5cc(F)ccc45)[nH]c3c2)CC1CN1CCCC1. The number of hydrogen-bond acceptors (Lipinski definition) is 6. The Bertz CT molecular complexity index is 1330. The van der Waals surface area contributed by atoms with E-state index in [1.807, 2.05) is 18.2 Å². The van der Waals surface area contributed by atoms with Crippen molar-refractivity contribution in [3.8, 4) is 11.5 Å². The van der Waals surface area contributed by atoms with Gasteiger partial charge in [-0.3, -0.25) is 5.10 Å². The Morgan fingerprint density at radius 1 is 1.06 bits per heavy atom. The average Bonchev–Trinajstić information content (AvgIpc) is 3.55. The molecule has 178 valence electrons. The number of fused-ring (bicyclic) bond motifs is 2. The van der Waals surface area contributed by atoms with Gasteiger partial charge in [0.05, 0.1) is 28.2 Å². The monoisotopic (exact) mass is 464 g/mol. The predicted octanol–water partition coefficient (Wildman–Crippen LogP) is 3.77. The Morgan fingerprint density at radius 3 is 2.76 bits per heavy atom. The minimum atomic E-state index is -1.03. The Morgan fingerprint density at radius 2 is 1.91 bits per heavy atom. The molecule has 2 saturated heterocycles. The summed E-state index contributed by atoms with van der Waals surface area (Å²) in [5.41, 5.74) is 2.61. The minimum absolute atomic E-state index is 0.116. The number of likely N-dealkylation sites (tertiary alicyclic amines) is 1. The number of aromatic amines is 2. The summed E-state index contributed by atoms with van der Waals surface area (Å²) in [4.78, 5) is 10.4. The number of imidazole rings is 1. The lowest BCUT2D eigenvalue weighted by molar-refractivity contribution is -0.137. The Balaban J connectivity index is 1.32. The van der Waals surface area contributed by atoms with E-state index < -0.39 is 5.60 Å². The molecule has 4 aromatic rings. The van der Waals surface area contributed by atoms with Crippen LogP contribution < -0.4 is 0 Å². The van der Waals surface area contributed by atoms with Crippen LogP contribution in [0.4, 0.5) is 4.39 Å². The summed E-state index contributed by atoms with van der Waals surface area (Å²) >= 11 is 0. The topological polar surface area (TPSA) is 104 Å². The summed E-state index contributed by atoms with van der Waals surface area (Å²) in [5, 5.41) is 31.8. The highest BCUT2D eigenvalue weighted by molar-refractivity contribution is 5.93. The number of aromatic nitrogens is 4. The third-order valence-corrected chi connectivity index (χ3v) is 7.41. The third kappa shape index (κ3) is 3.88. The molecule has 2 aromatic carbocycles. The van der Waals surface area contributed by atoms with Gasteiger partial charge in [-0.05, 0) is 81.1 Å². The van der Waals surface area contributed by atoms with Gasteiger partial charge in [0.25, 0.3) is 0 Å². The van der Waals surface area contributed by atoms with Crippen LogP contribution in [0.25, 0.3) is 33.5 Å². The van der Waals surface area contributed by atoms with E-state index >= 15 is 0 Å². The smallest absolute Gasteiger partial charge is 0.159 e. The second-order valence-corrected chi connectivity index (χ2v) is 9.74. The molecule has 2 unspecified atom stereocenters. The molecule has 0 saturated carbocycles. The van der Waals surface area contributed by atoms with Crippen LogP contribution in [0.5, 0.6) is 0 Å². The molecule has 34 heavy (non-hydrogen) atoms. The van der Waals surface area contributed by atoms with Crippen LogP contribution in [0.1, 0.15) is 37.7 Å². The lowest BCUT2D eigenvalue weighted by atomic mass is 9.84. The highest BCUT2D eigenvalue weighted by Crippen LogP contribution is 2.37. The molecule has 0 spiro atoms. The first kappa shape index (κ1) is 21.7. The molecule has 2 atom stereocenters. The van der Waals surface area contributed by atoms with Gasteiger partial charge in [-0.15, -0.1) is 0 Å². The zero-order valence-corrected chi connectivity index (χ0v) is 19.0. The van der Waals surface area contributed by atoms with Gasteiger partial charge in [0.2, 0.25) is 0 Å². The van der Waals surface area contributed by atoms with Gasteiger partial charge in [0.1, 0.15) is 11.5 Å². The predicted molar refractivity (Wildman–Crippen MR) is 127 cm³/mol. The van der Waals surface area contributed by atoms with Gasteiger partial charge in [0, 0.05) is 18.5 Å². The fourth-order valence-corrected chi connectivity index (χ4v) is 5.58. The maximum atomic E-state index is 13.6. The lowest BCUT2D eigenvalue weighted by Crippen LogP contribution is -2.44. The average molecular weight is 465 g/mol. The number of H-pyrrole nitrogens is 2. The Hall–Kier alpha value is -2.85. The van der Waals surface area contributed by atoms with Crippen molar-refractivity contribution in [1.29, 1.82) is 0 Å². The fourth-order valence-electron chi connectivity index (χ4n) is 5.58. The van der Waals surface area contributed by atoms with Crippen LogP contribution in [0.15, 0.2) is 36.4 Å².